The molecule has 1 rings (SSSR count). The molecule has 0 N–H and O–H groups in total. The lowest BCUT2D eigenvalue weighted by Gasteiger charge is -2.07. The van der Waals surface area contributed by atoms with E-state index in [-0.39, 0.29) is 0 Å². The van der Waals surface area contributed by atoms with Crippen LogP contribution in [0, 0.1) is 13.8 Å². The van der Waals surface area contributed by atoms with Gasteiger partial charge in [0.15, 0.2) is 0 Å². The summed E-state index contributed by atoms with van der Waals surface area (Å²) in [5.74, 6) is 0. The molecule has 0 saturated carbocycles. The number of hydrogen-bond acceptors (Lipinski definition) is 0. The molecular weight excluding hydrogens is 144 g/mol. The van der Waals surface area contributed by atoms with E-state index in [0.29, 0.717) is 0 Å². The van der Waals surface area contributed by atoms with Gasteiger partial charge >= 0.3 is 0 Å². The third kappa shape index (κ3) is 1.58. The maximum atomic E-state index is 3.80. The highest BCUT2D eigenvalue weighted by Crippen LogP contribution is 2.17. The van der Waals surface area contributed by atoms with Gasteiger partial charge < -0.3 is 0 Å². The van der Waals surface area contributed by atoms with Crippen molar-refractivity contribution < 1.29 is 0 Å². The van der Waals surface area contributed by atoms with E-state index in [2.05, 4.69) is 39.5 Å². The second kappa shape index (κ2) is 3.57. The average molecular weight is 160 g/mol. The normalized spacial score (nSPS) is 9.92. The quantitative estimate of drug-likeness (QED) is 0.621. The molecule has 0 aromatic heterocycles. The monoisotopic (exact) mass is 160 g/mol. The van der Waals surface area contributed by atoms with Crippen molar-refractivity contribution in [1.82, 2.24) is 0 Å². The molecule has 0 nitrogen and oxygen atoms in total. The van der Waals surface area contributed by atoms with Gasteiger partial charge in [0.05, 0.1) is 0 Å². The van der Waals surface area contributed by atoms with Crippen molar-refractivity contribution in [1.29, 1.82) is 0 Å². The van der Waals surface area contributed by atoms with Gasteiger partial charge in [-0.05, 0) is 42.5 Å². The molecule has 12 heavy (non-hydrogen) atoms. The molecule has 0 bridgehead atoms. The highest BCUT2D eigenvalue weighted by molar-refractivity contribution is 5.54. The van der Waals surface area contributed by atoms with Gasteiger partial charge in [-0.15, -0.1) is 0 Å². The second-order valence-electron chi connectivity index (χ2n) is 3.19. The Morgan fingerprint density at radius 1 is 1.25 bits per heavy atom. The van der Waals surface area contributed by atoms with Gasteiger partial charge in [-0.1, -0.05) is 31.7 Å². The van der Waals surface area contributed by atoms with Gasteiger partial charge in [-0.3, -0.25) is 0 Å². The molecule has 0 aliphatic carbocycles. The van der Waals surface area contributed by atoms with Crippen LogP contribution in [0.15, 0.2) is 18.7 Å². The molecule has 0 radical (unpaired) electrons. The van der Waals surface area contributed by atoms with E-state index in [0.717, 1.165) is 6.42 Å². The topological polar surface area (TPSA) is 0 Å². The summed E-state index contributed by atoms with van der Waals surface area (Å²) in [5.41, 5.74) is 5.40. The van der Waals surface area contributed by atoms with Crippen LogP contribution in [-0.4, -0.2) is 0 Å². The van der Waals surface area contributed by atoms with Crippen molar-refractivity contribution >= 4 is 6.08 Å². The van der Waals surface area contributed by atoms with Crippen LogP contribution >= 0.6 is 0 Å². The average Bonchev–Trinajstić information content (AvgIpc) is 2.05. The fraction of sp³-hybridized carbons (Fsp3) is 0.333. The molecule has 0 saturated heterocycles. The fourth-order valence-corrected chi connectivity index (χ4v) is 1.52. The first-order valence-corrected chi connectivity index (χ1v) is 4.41. The van der Waals surface area contributed by atoms with Crippen molar-refractivity contribution in [2.45, 2.75) is 27.2 Å². The third-order valence-corrected chi connectivity index (χ3v) is 2.33. The number of benzene rings is 1. The molecule has 0 atom stereocenters. The van der Waals surface area contributed by atoms with Crippen molar-refractivity contribution in [2.75, 3.05) is 0 Å². The molecule has 1 aromatic rings. The first-order chi connectivity index (χ1) is 5.69. The van der Waals surface area contributed by atoms with E-state index in [9.17, 15) is 0 Å². The summed E-state index contributed by atoms with van der Waals surface area (Å²) >= 11 is 0. The van der Waals surface area contributed by atoms with Gasteiger partial charge in [0.1, 0.15) is 0 Å². The molecule has 0 amide bonds. The minimum absolute atomic E-state index is 1.10. The zero-order valence-electron chi connectivity index (χ0n) is 8.15. The zero-order valence-corrected chi connectivity index (χ0v) is 8.15. The number of aryl methyl sites for hydroxylation is 3. The van der Waals surface area contributed by atoms with Crippen molar-refractivity contribution in [3.63, 3.8) is 0 Å². The summed E-state index contributed by atoms with van der Waals surface area (Å²) in [6.07, 6.45) is 3.03. The van der Waals surface area contributed by atoms with Crippen molar-refractivity contribution in [3.05, 3.63) is 41.0 Å². The minimum atomic E-state index is 1.10. The van der Waals surface area contributed by atoms with Gasteiger partial charge in [0.25, 0.3) is 0 Å². The lowest BCUT2D eigenvalue weighted by Crippen LogP contribution is -1.90. The zero-order chi connectivity index (χ0) is 9.14. The summed E-state index contributed by atoms with van der Waals surface area (Å²) in [7, 11) is 0. The van der Waals surface area contributed by atoms with Crippen molar-refractivity contribution in [3.8, 4) is 0 Å². The van der Waals surface area contributed by atoms with Gasteiger partial charge in [0.2, 0.25) is 0 Å². The van der Waals surface area contributed by atoms with Crippen molar-refractivity contribution in [2.24, 2.45) is 0 Å². The fourth-order valence-electron chi connectivity index (χ4n) is 1.52. The SMILES string of the molecule is C=Cc1cc(CC)c(C)cc1C. The summed E-state index contributed by atoms with van der Waals surface area (Å²) in [5, 5.41) is 0. The maximum Gasteiger partial charge on any atom is -0.0230 e. The standard InChI is InChI=1S/C12H16/c1-5-11-8-12(6-2)10(4)7-9(11)3/h5,7-8H,1,6H2,2-4H3. The Bertz CT molecular complexity index is 295. The Morgan fingerprint density at radius 3 is 2.42 bits per heavy atom. The molecule has 0 aliphatic rings. The second-order valence-corrected chi connectivity index (χ2v) is 3.19. The molecule has 0 heteroatoms. The Kier molecular flexibility index (Phi) is 2.69. The predicted molar refractivity (Wildman–Crippen MR) is 55.4 cm³/mol. The first-order valence-electron chi connectivity index (χ1n) is 4.41. The van der Waals surface area contributed by atoms with E-state index in [4.69, 9.17) is 0 Å². The lowest BCUT2D eigenvalue weighted by atomic mass is 9.99. The van der Waals surface area contributed by atoms with Crippen LogP contribution < -0.4 is 0 Å². The van der Waals surface area contributed by atoms with E-state index < -0.39 is 0 Å². The Morgan fingerprint density at radius 2 is 1.92 bits per heavy atom. The maximum absolute atomic E-state index is 3.80. The summed E-state index contributed by atoms with van der Waals surface area (Å²) in [4.78, 5) is 0. The number of hydrogen-bond donors (Lipinski definition) is 0. The number of rotatable bonds is 2. The largest absolute Gasteiger partial charge is 0.0985 e. The predicted octanol–water partition coefficient (Wildman–Crippen LogP) is 3.51. The van der Waals surface area contributed by atoms with Crippen LogP contribution in [0.25, 0.3) is 6.08 Å². The Labute approximate surface area is 74.9 Å². The molecule has 0 fully saturated rings. The minimum Gasteiger partial charge on any atom is -0.0985 e. The molecule has 64 valence electrons. The Balaban J connectivity index is 3.26. The Hall–Kier alpha value is -1.04. The third-order valence-electron chi connectivity index (χ3n) is 2.33. The van der Waals surface area contributed by atoms with E-state index >= 15 is 0 Å². The molecule has 0 aliphatic heterocycles. The molecule has 0 unspecified atom stereocenters. The molecule has 1 aromatic carbocycles. The summed E-state index contributed by atoms with van der Waals surface area (Å²) in [6, 6.07) is 4.47. The first kappa shape index (κ1) is 9.05. The lowest BCUT2D eigenvalue weighted by molar-refractivity contribution is 1.10. The van der Waals surface area contributed by atoms with Crippen LogP contribution in [0.1, 0.15) is 29.2 Å². The molecule has 0 heterocycles. The van der Waals surface area contributed by atoms with Crippen LogP contribution in [-0.2, 0) is 6.42 Å². The van der Waals surface area contributed by atoms with Crippen LogP contribution in [0.3, 0.4) is 0 Å². The van der Waals surface area contributed by atoms with Crippen LogP contribution in [0.4, 0.5) is 0 Å². The highest BCUT2D eigenvalue weighted by atomic mass is 14.0. The smallest absolute Gasteiger partial charge is 0.0230 e. The summed E-state index contributed by atoms with van der Waals surface area (Å²) in [6.45, 7) is 10.3. The van der Waals surface area contributed by atoms with Gasteiger partial charge in [0, 0.05) is 0 Å². The van der Waals surface area contributed by atoms with E-state index in [1.807, 2.05) is 6.08 Å². The highest BCUT2D eigenvalue weighted by Gasteiger charge is 1.99. The van der Waals surface area contributed by atoms with E-state index in [1.165, 1.54) is 22.3 Å². The molecule has 0 spiro atoms. The van der Waals surface area contributed by atoms with E-state index in [1.54, 1.807) is 0 Å². The molecular formula is C12H16. The van der Waals surface area contributed by atoms with Crippen LogP contribution in [0.5, 0.6) is 0 Å². The summed E-state index contributed by atoms with van der Waals surface area (Å²) < 4.78 is 0. The van der Waals surface area contributed by atoms with Gasteiger partial charge in [-0.25, -0.2) is 0 Å². The van der Waals surface area contributed by atoms with Crippen LogP contribution in [0.2, 0.25) is 0 Å². The van der Waals surface area contributed by atoms with Gasteiger partial charge in [-0.2, -0.15) is 0 Å².